The summed E-state index contributed by atoms with van der Waals surface area (Å²) >= 11 is 0. The number of benzene rings is 2. The number of para-hydroxylation sites is 1. The molecule has 0 fully saturated rings. The lowest BCUT2D eigenvalue weighted by Gasteiger charge is -2.27. The molecule has 8 heteroatoms. The normalized spacial score (nSPS) is 10.7. The molecule has 1 heterocycles. The molecule has 1 aromatic heterocycles. The van der Waals surface area contributed by atoms with Gasteiger partial charge in [0.15, 0.2) is 0 Å². The highest BCUT2D eigenvalue weighted by Gasteiger charge is 2.22. The van der Waals surface area contributed by atoms with Crippen LogP contribution >= 0.6 is 0 Å². The summed E-state index contributed by atoms with van der Waals surface area (Å²) in [4.78, 5) is 43.5. The highest BCUT2D eigenvalue weighted by atomic mass is 16.2. The number of nitrogen functional groups attached to an aromatic ring is 1. The minimum atomic E-state index is -0.607. The quantitative estimate of drug-likeness (QED) is 0.538. The molecule has 0 aliphatic carbocycles. The molecule has 32 heavy (non-hydrogen) atoms. The molecule has 2 aromatic carbocycles. The molecule has 0 unspecified atom stereocenters. The first-order valence-electron chi connectivity index (χ1n) is 10.7. The standard InChI is InChI=1S/C24H29N5O3/c1-3-4-15-28-22(25)21(23(31)26-24(28)32)27(2)17-20(30)29(19-13-9-6-10-14-19)16-18-11-7-5-8-12-18/h5-14H,3-4,15-17,25H2,1-2H3,(H,26,31,32). The Kier molecular flexibility index (Phi) is 7.49. The monoisotopic (exact) mass is 435 g/mol. The molecular formula is C24H29N5O3. The fourth-order valence-electron chi connectivity index (χ4n) is 3.55. The molecule has 3 rings (SSSR count). The second-order valence-electron chi connectivity index (χ2n) is 7.66. The van der Waals surface area contributed by atoms with Crippen LogP contribution in [0.1, 0.15) is 25.3 Å². The molecule has 0 spiro atoms. The Hall–Kier alpha value is -3.81. The van der Waals surface area contributed by atoms with Crippen LogP contribution in [0.3, 0.4) is 0 Å². The van der Waals surface area contributed by atoms with Crippen molar-refractivity contribution in [2.45, 2.75) is 32.9 Å². The van der Waals surface area contributed by atoms with Gasteiger partial charge in [-0.3, -0.25) is 19.1 Å². The van der Waals surface area contributed by atoms with Crippen molar-refractivity contribution < 1.29 is 4.79 Å². The summed E-state index contributed by atoms with van der Waals surface area (Å²) < 4.78 is 1.35. The number of hydrogen-bond acceptors (Lipinski definition) is 5. The number of carbonyl (C=O) groups excluding carboxylic acids is 1. The number of anilines is 3. The van der Waals surface area contributed by atoms with Gasteiger partial charge in [-0.1, -0.05) is 61.9 Å². The van der Waals surface area contributed by atoms with Crippen molar-refractivity contribution in [1.82, 2.24) is 9.55 Å². The number of hydrogen-bond donors (Lipinski definition) is 2. The predicted octanol–water partition coefficient (Wildman–Crippen LogP) is 2.59. The molecule has 168 valence electrons. The average Bonchev–Trinajstić information content (AvgIpc) is 2.78. The van der Waals surface area contributed by atoms with Gasteiger partial charge >= 0.3 is 5.69 Å². The van der Waals surface area contributed by atoms with Crippen LogP contribution in [0.4, 0.5) is 17.2 Å². The van der Waals surface area contributed by atoms with Gasteiger partial charge in [0.25, 0.3) is 5.56 Å². The third-order valence-corrected chi connectivity index (χ3v) is 5.26. The van der Waals surface area contributed by atoms with E-state index in [1.807, 2.05) is 67.6 Å². The van der Waals surface area contributed by atoms with Gasteiger partial charge in [-0.05, 0) is 24.1 Å². The number of carbonyl (C=O) groups is 1. The van der Waals surface area contributed by atoms with E-state index in [4.69, 9.17) is 5.73 Å². The van der Waals surface area contributed by atoms with Crippen molar-refractivity contribution in [1.29, 1.82) is 0 Å². The Bertz CT molecular complexity index is 1160. The molecule has 3 N–H and O–H groups in total. The van der Waals surface area contributed by atoms with Crippen LogP contribution < -0.4 is 26.8 Å². The number of unbranched alkanes of at least 4 members (excludes halogenated alkanes) is 1. The second kappa shape index (κ2) is 10.5. The van der Waals surface area contributed by atoms with E-state index in [-0.39, 0.29) is 24.0 Å². The van der Waals surface area contributed by atoms with Gasteiger partial charge in [-0.25, -0.2) is 4.79 Å². The molecule has 8 nitrogen and oxygen atoms in total. The summed E-state index contributed by atoms with van der Waals surface area (Å²) in [6.07, 6.45) is 1.62. The SMILES string of the molecule is CCCCn1c(N)c(N(C)CC(=O)N(Cc2ccccc2)c2ccccc2)c(=O)[nH]c1=O. The maximum atomic E-state index is 13.3. The smallest absolute Gasteiger partial charge is 0.330 e. The van der Waals surface area contributed by atoms with E-state index in [0.29, 0.717) is 13.1 Å². The van der Waals surface area contributed by atoms with E-state index in [1.54, 1.807) is 11.9 Å². The van der Waals surface area contributed by atoms with Crippen molar-refractivity contribution in [3.05, 3.63) is 87.1 Å². The number of aromatic amines is 1. The second-order valence-corrected chi connectivity index (χ2v) is 7.66. The van der Waals surface area contributed by atoms with Crippen molar-refractivity contribution in [3.8, 4) is 0 Å². The summed E-state index contributed by atoms with van der Waals surface area (Å²) in [5, 5.41) is 0. The molecule has 0 aliphatic rings. The zero-order valence-corrected chi connectivity index (χ0v) is 18.5. The third-order valence-electron chi connectivity index (χ3n) is 5.26. The Morgan fingerprint density at radius 2 is 1.66 bits per heavy atom. The summed E-state index contributed by atoms with van der Waals surface area (Å²) in [5.74, 6) is -0.135. The molecule has 0 atom stereocenters. The van der Waals surface area contributed by atoms with Crippen LogP contribution in [-0.2, 0) is 17.9 Å². The highest BCUT2D eigenvalue weighted by molar-refractivity contribution is 5.96. The zero-order chi connectivity index (χ0) is 23.1. The number of likely N-dealkylation sites (N-methyl/N-ethyl adjacent to an activating group) is 1. The number of nitrogens with two attached hydrogens (primary N) is 1. The molecule has 0 bridgehead atoms. The first kappa shape index (κ1) is 22.9. The van der Waals surface area contributed by atoms with Gasteiger partial charge in [0.1, 0.15) is 11.5 Å². The topological polar surface area (TPSA) is 104 Å². The highest BCUT2D eigenvalue weighted by Crippen LogP contribution is 2.20. The fraction of sp³-hybridized carbons (Fsp3) is 0.292. The maximum Gasteiger partial charge on any atom is 0.330 e. The van der Waals surface area contributed by atoms with Crippen LogP contribution in [0.15, 0.2) is 70.3 Å². The van der Waals surface area contributed by atoms with Crippen molar-refractivity contribution >= 4 is 23.1 Å². The van der Waals surface area contributed by atoms with Crippen LogP contribution in [0.25, 0.3) is 0 Å². The maximum absolute atomic E-state index is 13.3. The van der Waals surface area contributed by atoms with E-state index >= 15 is 0 Å². The van der Waals surface area contributed by atoms with E-state index in [9.17, 15) is 14.4 Å². The summed E-state index contributed by atoms with van der Waals surface area (Å²) in [6.45, 7) is 2.71. The van der Waals surface area contributed by atoms with Crippen LogP contribution in [-0.4, -0.2) is 29.1 Å². The number of nitrogens with one attached hydrogen (secondary N) is 1. The Labute approximate surface area is 186 Å². The van der Waals surface area contributed by atoms with E-state index < -0.39 is 11.2 Å². The van der Waals surface area contributed by atoms with Gasteiger partial charge in [-0.2, -0.15) is 0 Å². The van der Waals surface area contributed by atoms with Crippen molar-refractivity contribution in [2.75, 3.05) is 29.1 Å². The summed E-state index contributed by atoms with van der Waals surface area (Å²) in [5.41, 5.74) is 6.89. The zero-order valence-electron chi connectivity index (χ0n) is 18.5. The van der Waals surface area contributed by atoms with Gasteiger partial charge in [0.05, 0.1) is 13.1 Å². The molecule has 0 radical (unpaired) electrons. The first-order valence-corrected chi connectivity index (χ1v) is 10.7. The van der Waals surface area contributed by atoms with Gasteiger partial charge < -0.3 is 15.5 Å². The Morgan fingerprint density at radius 3 is 2.28 bits per heavy atom. The van der Waals surface area contributed by atoms with Crippen LogP contribution in [0.5, 0.6) is 0 Å². The van der Waals surface area contributed by atoms with E-state index in [2.05, 4.69) is 4.98 Å². The van der Waals surface area contributed by atoms with Gasteiger partial charge in [0, 0.05) is 19.3 Å². The molecule has 0 saturated heterocycles. The van der Waals surface area contributed by atoms with Crippen molar-refractivity contribution in [2.24, 2.45) is 0 Å². The van der Waals surface area contributed by atoms with Crippen molar-refractivity contribution in [3.63, 3.8) is 0 Å². The minimum Gasteiger partial charge on any atom is -0.383 e. The summed E-state index contributed by atoms with van der Waals surface area (Å²) in [7, 11) is 1.62. The van der Waals surface area contributed by atoms with E-state index in [1.165, 1.54) is 9.47 Å². The minimum absolute atomic E-state index is 0.0665. The summed E-state index contributed by atoms with van der Waals surface area (Å²) in [6, 6.07) is 19.1. The average molecular weight is 436 g/mol. The lowest BCUT2D eigenvalue weighted by atomic mass is 10.2. The molecular weight excluding hydrogens is 406 g/mol. The fourth-order valence-corrected chi connectivity index (χ4v) is 3.55. The van der Waals surface area contributed by atoms with Crippen LogP contribution in [0.2, 0.25) is 0 Å². The van der Waals surface area contributed by atoms with Crippen LogP contribution in [0, 0.1) is 0 Å². The first-order chi connectivity index (χ1) is 15.4. The number of amides is 1. The van der Waals surface area contributed by atoms with E-state index in [0.717, 1.165) is 24.1 Å². The molecule has 0 aliphatic heterocycles. The molecule has 0 saturated carbocycles. The largest absolute Gasteiger partial charge is 0.383 e. The lowest BCUT2D eigenvalue weighted by Crippen LogP contribution is -2.42. The van der Waals surface area contributed by atoms with Gasteiger partial charge in [-0.15, -0.1) is 0 Å². The number of rotatable bonds is 9. The number of aromatic nitrogens is 2. The third kappa shape index (κ3) is 5.26. The predicted molar refractivity (Wildman–Crippen MR) is 128 cm³/mol. The number of H-pyrrole nitrogens is 1. The lowest BCUT2D eigenvalue weighted by molar-refractivity contribution is -0.117. The molecule has 1 amide bonds. The van der Waals surface area contributed by atoms with Gasteiger partial charge in [0.2, 0.25) is 5.91 Å². The Balaban J connectivity index is 1.89. The molecule has 3 aromatic rings. The Morgan fingerprint density at radius 1 is 1.03 bits per heavy atom. The number of nitrogens with zero attached hydrogens (tertiary/aromatic N) is 3.